The quantitative estimate of drug-likeness (QED) is 0.842. The number of nitrogens with one attached hydrogen (secondary N) is 1. The molecule has 0 saturated carbocycles. The highest BCUT2D eigenvalue weighted by Gasteiger charge is 2.26. The van der Waals surface area contributed by atoms with Crippen LogP contribution in [0.3, 0.4) is 0 Å². The molecule has 1 fully saturated rings. The number of nitrogens with zero attached hydrogens (tertiary/aromatic N) is 2. The normalized spacial score (nSPS) is 19.0. The first-order valence-electron chi connectivity index (χ1n) is 7.02. The van der Waals surface area contributed by atoms with Gasteiger partial charge < -0.3 is 10.1 Å². The third-order valence-electron chi connectivity index (χ3n) is 3.72. The molecule has 1 aromatic rings. The highest BCUT2D eigenvalue weighted by atomic mass is 16.5. The molecule has 0 aromatic carbocycles. The van der Waals surface area contributed by atoms with Crippen molar-refractivity contribution in [2.75, 3.05) is 19.8 Å². The summed E-state index contributed by atoms with van der Waals surface area (Å²) in [4.78, 5) is 0. The molecule has 4 heteroatoms. The summed E-state index contributed by atoms with van der Waals surface area (Å²) in [6.45, 7) is 9.33. The largest absolute Gasteiger partial charge is 0.381 e. The number of aromatic nitrogens is 2. The van der Waals surface area contributed by atoms with Crippen LogP contribution in [-0.4, -0.2) is 29.5 Å². The minimum absolute atomic E-state index is 0.400. The van der Waals surface area contributed by atoms with E-state index in [0.29, 0.717) is 5.41 Å². The van der Waals surface area contributed by atoms with Crippen LogP contribution in [0, 0.1) is 5.41 Å². The minimum atomic E-state index is 0.400. The maximum Gasteiger partial charge on any atom is 0.0534 e. The number of rotatable bonds is 6. The molecule has 0 spiro atoms. The molecule has 1 aliphatic rings. The third-order valence-corrected chi connectivity index (χ3v) is 3.72. The minimum Gasteiger partial charge on any atom is -0.381 e. The lowest BCUT2D eigenvalue weighted by Crippen LogP contribution is -2.36. The SMILES string of the molecule is CCCn1cc(CNCC2(C)CCOCC2)cn1. The second kappa shape index (κ2) is 6.34. The summed E-state index contributed by atoms with van der Waals surface area (Å²) in [5.74, 6) is 0. The highest BCUT2D eigenvalue weighted by Crippen LogP contribution is 2.28. The fraction of sp³-hybridized carbons (Fsp3) is 0.786. The number of aryl methyl sites for hydroxylation is 1. The Morgan fingerprint density at radius 2 is 2.22 bits per heavy atom. The Morgan fingerprint density at radius 1 is 1.44 bits per heavy atom. The lowest BCUT2D eigenvalue weighted by atomic mass is 9.82. The predicted molar refractivity (Wildman–Crippen MR) is 72.4 cm³/mol. The summed E-state index contributed by atoms with van der Waals surface area (Å²) < 4.78 is 7.44. The van der Waals surface area contributed by atoms with E-state index in [4.69, 9.17) is 4.74 Å². The maximum absolute atomic E-state index is 5.42. The van der Waals surface area contributed by atoms with Crippen LogP contribution < -0.4 is 5.32 Å². The van der Waals surface area contributed by atoms with Crippen molar-refractivity contribution in [2.45, 2.75) is 46.2 Å². The van der Waals surface area contributed by atoms with Crippen LogP contribution in [0.1, 0.15) is 38.7 Å². The molecule has 0 unspecified atom stereocenters. The van der Waals surface area contributed by atoms with Gasteiger partial charge in [0.25, 0.3) is 0 Å². The van der Waals surface area contributed by atoms with Crippen LogP contribution >= 0.6 is 0 Å². The monoisotopic (exact) mass is 251 g/mol. The van der Waals surface area contributed by atoms with Crippen LogP contribution in [0.5, 0.6) is 0 Å². The highest BCUT2D eigenvalue weighted by molar-refractivity contribution is 5.03. The topological polar surface area (TPSA) is 39.1 Å². The van der Waals surface area contributed by atoms with Crippen molar-refractivity contribution in [2.24, 2.45) is 5.41 Å². The first kappa shape index (κ1) is 13.6. The van der Waals surface area contributed by atoms with Gasteiger partial charge in [-0.15, -0.1) is 0 Å². The maximum atomic E-state index is 5.42. The molecule has 0 bridgehead atoms. The summed E-state index contributed by atoms with van der Waals surface area (Å²) in [5, 5.41) is 7.90. The van der Waals surface area contributed by atoms with E-state index in [1.54, 1.807) is 0 Å². The predicted octanol–water partition coefficient (Wildman–Crippen LogP) is 2.20. The molecule has 0 amide bonds. The van der Waals surface area contributed by atoms with Crippen molar-refractivity contribution in [3.63, 3.8) is 0 Å². The zero-order valence-electron chi connectivity index (χ0n) is 11.6. The van der Waals surface area contributed by atoms with Crippen molar-refractivity contribution < 1.29 is 4.74 Å². The Balaban J connectivity index is 1.73. The van der Waals surface area contributed by atoms with E-state index in [1.807, 2.05) is 10.9 Å². The number of hydrogen-bond acceptors (Lipinski definition) is 3. The first-order chi connectivity index (χ1) is 8.72. The van der Waals surface area contributed by atoms with E-state index in [9.17, 15) is 0 Å². The summed E-state index contributed by atoms with van der Waals surface area (Å²) in [6.07, 6.45) is 7.56. The van der Waals surface area contributed by atoms with Crippen LogP contribution in [0.2, 0.25) is 0 Å². The smallest absolute Gasteiger partial charge is 0.0534 e. The molecule has 2 rings (SSSR count). The molecule has 0 radical (unpaired) electrons. The van der Waals surface area contributed by atoms with Gasteiger partial charge in [0.15, 0.2) is 0 Å². The van der Waals surface area contributed by atoms with E-state index in [0.717, 1.165) is 52.1 Å². The fourth-order valence-corrected chi connectivity index (χ4v) is 2.40. The molecule has 0 aliphatic carbocycles. The zero-order valence-corrected chi connectivity index (χ0v) is 11.6. The Morgan fingerprint density at radius 3 is 2.94 bits per heavy atom. The molecule has 1 aromatic heterocycles. The second-order valence-electron chi connectivity index (χ2n) is 5.64. The van der Waals surface area contributed by atoms with Gasteiger partial charge in [-0.25, -0.2) is 0 Å². The molecular formula is C14H25N3O. The van der Waals surface area contributed by atoms with Crippen molar-refractivity contribution in [3.8, 4) is 0 Å². The fourth-order valence-electron chi connectivity index (χ4n) is 2.40. The zero-order chi connectivity index (χ0) is 12.8. The molecule has 18 heavy (non-hydrogen) atoms. The Labute approximate surface area is 110 Å². The van der Waals surface area contributed by atoms with Crippen LogP contribution in [-0.2, 0) is 17.8 Å². The first-order valence-corrected chi connectivity index (χ1v) is 7.02. The average molecular weight is 251 g/mol. The summed E-state index contributed by atoms with van der Waals surface area (Å²) in [5.41, 5.74) is 1.68. The summed E-state index contributed by atoms with van der Waals surface area (Å²) in [7, 11) is 0. The third kappa shape index (κ3) is 3.82. The molecule has 4 nitrogen and oxygen atoms in total. The van der Waals surface area contributed by atoms with Gasteiger partial charge in [0, 0.05) is 44.6 Å². The molecule has 1 aliphatic heterocycles. The van der Waals surface area contributed by atoms with Crippen molar-refractivity contribution in [1.29, 1.82) is 0 Å². The van der Waals surface area contributed by atoms with Crippen LogP contribution in [0.15, 0.2) is 12.4 Å². The molecular weight excluding hydrogens is 226 g/mol. The average Bonchev–Trinajstić information content (AvgIpc) is 2.78. The Hall–Kier alpha value is -0.870. The van der Waals surface area contributed by atoms with Gasteiger partial charge in [-0.1, -0.05) is 13.8 Å². The van der Waals surface area contributed by atoms with Crippen molar-refractivity contribution >= 4 is 0 Å². The summed E-state index contributed by atoms with van der Waals surface area (Å²) in [6, 6.07) is 0. The standard InChI is InChI=1S/C14H25N3O/c1-3-6-17-11-13(10-16-17)9-15-12-14(2)4-7-18-8-5-14/h10-11,15H,3-9,12H2,1-2H3. The lowest BCUT2D eigenvalue weighted by Gasteiger charge is -2.33. The van der Waals surface area contributed by atoms with E-state index in [-0.39, 0.29) is 0 Å². The Bertz CT molecular complexity index is 356. The Kier molecular flexibility index (Phi) is 4.78. The molecule has 102 valence electrons. The number of hydrogen-bond donors (Lipinski definition) is 1. The van der Waals surface area contributed by atoms with E-state index in [2.05, 4.69) is 30.5 Å². The van der Waals surface area contributed by atoms with Crippen molar-refractivity contribution in [3.05, 3.63) is 18.0 Å². The van der Waals surface area contributed by atoms with E-state index in [1.165, 1.54) is 5.56 Å². The van der Waals surface area contributed by atoms with Gasteiger partial charge in [-0.05, 0) is 24.7 Å². The van der Waals surface area contributed by atoms with E-state index < -0.39 is 0 Å². The van der Waals surface area contributed by atoms with Crippen LogP contribution in [0.4, 0.5) is 0 Å². The molecule has 0 atom stereocenters. The molecule has 1 saturated heterocycles. The molecule has 2 heterocycles. The molecule has 1 N–H and O–H groups in total. The van der Waals surface area contributed by atoms with Gasteiger partial charge in [-0.3, -0.25) is 4.68 Å². The van der Waals surface area contributed by atoms with E-state index >= 15 is 0 Å². The van der Waals surface area contributed by atoms with Crippen molar-refractivity contribution in [1.82, 2.24) is 15.1 Å². The van der Waals surface area contributed by atoms with Gasteiger partial charge in [0.2, 0.25) is 0 Å². The van der Waals surface area contributed by atoms with Gasteiger partial charge in [0.1, 0.15) is 0 Å². The van der Waals surface area contributed by atoms with Gasteiger partial charge in [-0.2, -0.15) is 5.10 Å². The van der Waals surface area contributed by atoms with Gasteiger partial charge >= 0.3 is 0 Å². The van der Waals surface area contributed by atoms with Gasteiger partial charge in [0.05, 0.1) is 6.20 Å². The lowest BCUT2D eigenvalue weighted by molar-refractivity contribution is 0.0240. The summed E-state index contributed by atoms with van der Waals surface area (Å²) >= 11 is 0. The number of ether oxygens (including phenoxy) is 1. The van der Waals surface area contributed by atoms with Crippen LogP contribution in [0.25, 0.3) is 0 Å². The second-order valence-corrected chi connectivity index (χ2v) is 5.64.